The maximum Gasteiger partial charge on any atom is 0.102 e. The lowest BCUT2D eigenvalue weighted by molar-refractivity contribution is 0.468. The van der Waals surface area contributed by atoms with Crippen molar-refractivity contribution in [2.45, 2.75) is 13.3 Å². The summed E-state index contributed by atoms with van der Waals surface area (Å²) in [5.74, 6) is 0. The van der Waals surface area contributed by atoms with Crippen LogP contribution in [0.5, 0.6) is 0 Å². The van der Waals surface area contributed by atoms with Gasteiger partial charge in [-0.15, -0.1) is 11.3 Å². The zero-order valence-corrected chi connectivity index (χ0v) is 7.96. The minimum atomic E-state index is -0.296. The summed E-state index contributed by atoms with van der Waals surface area (Å²) in [6, 6.07) is 0. The van der Waals surface area contributed by atoms with Crippen LogP contribution in [0.1, 0.15) is 10.7 Å². The molecular formula is C8H13FN2S. The number of nitrogens with zero attached hydrogens (tertiary/aromatic N) is 1. The average molecular weight is 188 g/mol. The molecular weight excluding hydrogens is 175 g/mol. The predicted octanol–water partition coefficient (Wildman–Crippen LogP) is 1.55. The van der Waals surface area contributed by atoms with Crippen LogP contribution < -0.4 is 5.32 Å². The number of nitrogens with one attached hydrogen (secondary N) is 1. The second-order valence-corrected chi connectivity index (χ2v) is 3.61. The average Bonchev–Trinajstić information content (AvgIpc) is 2.45. The largest absolute Gasteiger partial charge is 0.314 e. The molecule has 0 radical (unpaired) electrons. The summed E-state index contributed by atoms with van der Waals surface area (Å²) in [5.41, 5.74) is 1.10. The monoisotopic (exact) mass is 188 g/mol. The first-order valence-electron chi connectivity index (χ1n) is 4.00. The van der Waals surface area contributed by atoms with E-state index in [1.54, 1.807) is 11.3 Å². The van der Waals surface area contributed by atoms with Crippen molar-refractivity contribution in [1.82, 2.24) is 10.3 Å². The van der Waals surface area contributed by atoms with Crippen LogP contribution in [-0.2, 0) is 6.42 Å². The van der Waals surface area contributed by atoms with Gasteiger partial charge in [-0.05, 0) is 6.92 Å². The lowest BCUT2D eigenvalue weighted by atomic mass is 10.3. The lowest BCUT2D eigenvalue weighted by Gasteiger charge is -1.98. The topological polar surface area (TPSA) is 24.9 Å². The van der Waals surface area contributed by atoms with Gasteiger partial charge < -0.3 is 5.32 Å². The standard InChI is InChI=1S/C8H13FN2S/c1-7-11-8(6-12-7)2-4-10-5-3-9/h6,10H,2-5H2,1H3. The maximum atomic E-state index is 11.6. The zero-order chi connectivity index (χ0) is 8.81. The number of aromatic nitrogens is 1. The Bertz CT molecular complexity index is 225. The van der Waals surface area contributed by atoms with E-state index in [0.717, 1.165) is 23.7 Å². The van der Waals surface area contributed by atoms with Gasteiger partial charge in [0, 0.05) is 24.9 Å². The maximum absolute atomic E-state index is 11.6. The van der Waals surface area contributed by atoms with E-state index < -0.39 is 0 Å². The van der Waals surface area contributed by atoms with Gasteiger partial charge in [0.15, 0.2) is 0 Å². The number of alkyl halides is 1. The Balaban J connectivity index is 2.15. The van der Waals surface area contributed by atoms with Gasteiger partial charge in [-0.2, -0.15) is 0 Å². The summed E-state index contributed by atoms with van der Waals surface area (Å²) in [6.45, 7) is 2.95. The van der Waals surface area contributed by atoms with Gasteiger partial charge >= 0.3 is 0 Å². The molecule has 0 bridgehead atoms. The number of hydrogen-bond acceptors (Lipinski definition) is 3. The fraction of sp³-hybridized carbons (Fsp3) is 0.625. The van der Waals surface area contributed by atoms with Gasteiger partial charge in [0.25, 0.3) is 0 Å². The van der Waals surface area contributed by atoms with Crippen LogP contribution in [0.3, 0.4) is 0 Å². The second kappa shape index (κ2) is 5.22. The molecule has 0 aliphatic carbocycles. The number of thiazole rings is 1. The first-order chi connectivity index (χ1) is 5.83. The molecule has 0 unspecified atom stereocenters. The second-order valence-electron chi connectivity index (χ2n) is 2.55. The summed E-state index contributed by atoms with van der Waals surface area (Å²) in [7, 11) is 0. The Hall–Kier alpha value is -0.480. The molecule has 68 valence electrons. The van der Waals surface area contributed by atoms with E-state index in [0.29, 0.717) is 6.54 Å². The van der Waals surface area contributed by atoms with Crippen molar-refractivity contribution in [2.75, 3.05) is 19.8 Å². The van der Waals surface area contributed by atoms with Gasteiger partial charge in [0.1, 0.15) is 6.67 Å². The molecule has 0 atom stereocenters. The number of hydrogen-bond donors (Lipinski definition) is 1. The minimum Gasteiger partial charge on any atom is -0.314 e. The van der Waals surface area contributed by atoms with E-state index in [2.05, 4.69) is 10.3 Å². The highest BCUT2D eigenvalue weighted by atomic mass is 32.1. The summed E-state index contributed by atoms with van der Waals surface area (Å²) < 4.78 is 11.6. The van der Waals surface area contributed by atoms with Gasteiger partial charge in [-0.25, -0.2) is 9.37 Å². The van der Waals surface area contributed by atoms with E-state index >= 15 is 0 Å². The van der Waals surface area contributed by atoms with Crippen molar-refractivity contribution >= 4 is 11.3 Å². The Kier molecular flexibility index (Phi) is 4.18. The number of rotatable bonds is 5. The Morgan fingerprint density at radius 2 is 2.42 bits per heavy atom. The number of halogens is 1. The molecule has 0 aliphatic heterocycles. The molecule has 0 aliphatic rings. The predicted molar refractivity (Wildman–Crippen MR) is 49.4 cm³/mol. The summed E-state index contributed by atoms with van der Waals surface area (Å²) in [6.07, 6.45) is 0.893. The smallest absolute Gasteiger partial charge is 0.102 e. The van der Waals surface area contributed by atoms with Crippen molar-refractivity contribution < 1.29 is 4.39 Å². The van der Waals surface area contributed by atoms with Crippen molar-refractivity contribution in [1.29, 1.82) is 0 Å². The molecule has 1 aromatic heterocycles. The minimum absolute atomic E-state index is 0.296. The SMILES string of the molecule is Cc1nc(CCNCCF)cs1. The molecule has 0 spiro atoms. The van der Waals surface area contributed by atoms with Gasteiger partial charge in [0.05, 0.1) is 10.7 Å². The van der Waals surface area contributed by atoms with Crippen LogP contribution in [0, 0.1) is 6.92 Å². The van der Waals surface area contributed by atoms with Crippen molar-refractivity contribution in [2.24, 2.45) is 0 Å². The fourth-order valence-corrected chi connectivity index (χ4v) is 1.58. The molecule has 2 nitrogen and oxygen atoms in total. The van der Waals surface area contributed by atoms with Crippen LogP contribution in [0.2, 0.25) is 0 Å². The first kappa shape index (κ1) is 9.61. The lowest BCUT2D eigenvalue weighted by Crippen LogP contribution is -2.19. The van der Waals surface area contributed by atoms with Crippen LogP contribution in [-0.4, -0.2) is 24.7 Å². The summed E-state index contributed by atoms with van der Waals surface area (Å²) >= 11 is 1.66. The highest BCUT2D eigenvalue weighted by molar-refractivity contribution is 7.09. The van der Waals surface area contributed by atoms with Crippen LogP contribution in [0.4, 0.5) is 4.39 Å². The fourth-order valence-electron chi connectivity index (χ4n) is 0.931. The molecule has 1 rings (SSSR count). The zero-order valence-electron chi connectivity index (χ0n) is 7.14. The van der Waals surface area contributed by atoms with Crippen molar-refractivity contribution in [3.05, 3.63) is 16.1 Å². The molecule has 4 heteroatoms. The molecule has 1 N–H and O–H groups in total. The Labute approximate surface area is 75.8 Å². The van der Waals surface area contributed by atoms with Crippen molar-refractivity contribution in [3.8, 4) is 0 Å². The first-order valence-corrected chi connectivity index (χ1v) is 4.88. The highest BCUT2D eigenvalue weighted by Crippen LogP contribution is 2.07. The molecule has 0 saturated carbocycles. The molecule has 0 fully saturated rings. The van der Waals surface area contributed by atoms with E-state index in [-0.39, 0.29) is 6.67 Å². The van der Waals surface area contributed by atoms with E-state index in [1.807, 2.05) is 12.3 Å². The van der Waals surface area contributed by atoms with Crippen LogP contribution >= 0.6 is 11.3 Å². The van der Waals surface area contributed by atoms with Gasteiger partial charge in [-0.1, -0.05) is 0 Å². The normalized spacial score (nSPS) is 10.5. The molecule has 1 aromatic rings. The quantitative estimate of drug-likeness (QED) is 0.709. The molecule has 0 amide bonds. The van der Waals surface area contributed by atoms with Gasteiger partial charge in [-0.3, -0.25) is 0 Å². The number of aryl methyl sites for hydroxylation is 1. The third-order valence-corrected chi connectivity index (χ3v) is 2.32. The van der Waals surface area contributed by atoms with Crippen LogP contribution in [0.25, 0.3) is 0 Å². The third kappa shape index (κ3) is 3.28. The molecule has 12 heavy (non-hydrogen) atoms. The third-order valence-electron chi connectivity index (χ3n) is 1.50. The van der Waals surface area contributed by atoms with E-state index in [4.69, 9.17) is 0 Å². The Morgan fingerprint density at radius 3 is 3.00 bits per heavy atom. The summed E-state index contributed by atoms with van der Waals surface area (Å²) in [5, 5.41) is 6.12. The summed E-state index contributed by atoms with van der Waals surface area (Å²) in [4.78, 5) is 4.29. The van der Waals surface area contributed by atoms with Crippen LogP contribution in [0.15, 0.2) is 5.38 Å². The Morgan fingerprint density at radius 1 is 1.58 bits per heavy atom. The molecule has 1 heterocycles. The van der Waals surface area contributed by atoms with E-state index in [9.17, 15) is 4.39 Å². The van der Waals surface area contributed by atoms with E-state index in [1.165, 1.54) is 0 Å². The molecule has 0 aromatic carbocycles. The highest BCUT2D eigenvalue weighted by Gasteiger charge is 1.96. The van der Waals surface area contributed by atoms with Crippen molar-refractivity contribution in [3.63, 3.8) is 0 Å². The van der Waals surface area contributed by atoms with Gasteiger partial charge in [0.2, 0.25) is 0 Å². The molecule has 0 saturated heterocycles.